The van der Waals surface area contributed by atoms with Crippen LogP contribution in [0.1, 0.15) is 31.7 Å². The molecule has 0 fully saturated rings. The van der Waals surface area contributed by atoms with Gasteiger partial charge in [-0.3, -0.25) is 9.59 Å². The first-order valence-corrected chi connectivity index (χ1v) is 6.05. The van der Waals surface area contributed by atoms with E-state index in [1.54, 1.807) is 0 Å². The number of carbonyl (C=O) groups excluding carboxylic acids is 1. The van der Waals surface area contributed by atoms with E-state index in [-0.39, 0.29) is 24.2 Å². The van der Waals surface area contributed by atoms with Crippen molar-refractivity contribution in [2.24, 2.45) is 5.92 Å². The highest BCUT2D eigenvalue weighted by molar-refractivity contribution is 5.78. The van der Waals surface area contributed by atoms with Gasteiger partial charge >= 0.3 is 5.97 Å². The second-order valence-electron chi connectivity index (χ2n) is 4.61. The van der Waals surface area contributed by atoms with E-state index in [0.29, 0.717) is 6.54 Å². The van der Waals surface area contributed by atoms with Gasteiger partial charge in [-0.1, -0.05) is 44.2 Å². The summed E-state index contributed by atoms with van der Waals surface area (Å²) in [6.07, 6.45) is 0.0163. The Kier molecular flexibility index (Phi) is 5.36. The zero-order valence-corrected chi connectivity index (χ0v) is 10.7. The maximum absolute atomic E-state index is 11.5. The summed E-state index contributed by atoms with van der Waals surface area (Å²) < 4.78 is 0. The number of benzene rings is 1. The summed E-state index contributed by atoms with van der Waals surface area (Å²) in [6.45, 7) is 3.97. The van der Waals surface area contributed by atoms with Crippen LogP contribution in [0.5, 0.6) is 0 Å². The molecule has 1 aromatic carbocycles. The lowest BCUT2D eigenvalue weighted by Gasteiger charge is -2.17. The second kappa shape index (κ2) is 6.79. The van der Waals surface area contributed by atoms with Crippen molar-refractivity contribution >= 4 is 11.9 Å². The third kappa shape index (κ3) is 4.57. The van der Waals surface area contributed by atoms with Crippen molar-refractivity contribution in [1.82, 2.24) is 5.32 Å². The smallest absolute Gasteiger partial charge is 0.304 e. The molecule has 0 saturated carbocycles. The van der Waals surface area contributed by atoms with Gasteiger partial charge < -0.3 is 10.4 Å². The van der Waals surface area contributed by atoms with Gasteiger partial charge in [0.1, 0.15) is 0 Å². The third-order valence-corrected chi connectivity index (χ3v) is 2.74. The normalized spacial score (nSPS) is 12.2. The summed E-state index contributed by atoms with van der Waals surface area (Å²) in [6, 6.07) is 9.39. The van der Waals surface area contributed by atoms with Gasteiger partial charge in [0.25, 0.3) is 0 Å². The summed E-state index contributed by atoms with van der Waals surface area (Å²) in [5.41, 5.74) is 0.934. The van der Waals surface area contributed by atoms with Crippen molar-refractivity contribution in [3.05, 3.63) is 35.9 Å². The predicted octanol–water partition coefficient (Wildman–Crippen LogP) is 2.02. The quantitative estimate of drug-likeness (QED) is 0.810. The van der Waals surface area contributed by atoms with Crippen molar-refractivity contribution < 1.29 is 14.7 Å². The molecule has 2 N–H and O–H groups in total. The average molecular weight is 249 g/mol. The van der Waals surface area contributed by atoms with Crippen LogP contribution in [-0.4, -0.2) is 23.5 Å². The second-order valence-corrected chi connectivity index (χ2v) is 4.61. The number of amides is 1. The zero-order valence-electron chi connectivity index (χ0n) is 10.7. The molecule has 0 aliphatic carbocycles. The average Bonchev–Trinajstić information content (AvgIpc) is 2.34. The van der Waals surface area contributed by atoms with E-state index in [2.05, 4.69) is 5.32 Å². The summed E-state index contributed by atoms with van der Waals surface area (Å²) in [5.74, 6) is -1.19. The lowest BCUT2D eigenvalue weighted by molar-refractivity contribution is -0.137. The van der Waals surface area contributed by atoms with Crippen LogP contribution < -0.4 is 5.32 Å². The van der Waals surface area contributed by atoms with E-state index >= 15 is 0 Å². The number of hydrogen-bond donors (Lipinski definition) is 2. The number of aliphatic carboxylic acids is 1. The number of carbonyl (C=O) groups is 2. The largest absolute Gasteiger partial charge is 0.481 e. The molecule has 1 rings (SSSR count). The van der Waals surface area contributed by atoms with Crippen molar-refractivity contribution in [3.8, 4) is 0 Å². The fraction of sp³-hybridized carbons (Fsp3) is 0.429. The Morgan fingerprint density at radius 2 is 1.83 bits per heavy atom. The molecule has 0 bridgehead atoms. The molecule has 0 unspecified atom stereocenters. The van der Waals surface area contributed by atoms with Gasteiger partial charge in [0, 0.05) is 18.4 Å². The molecule has 0 aliphatic rings. The van der Waals surface area contributed by atoms with Crippen LogP contribution in [0.2, 0.25) is 0 Å². The molecule has 1 atom stereocenters. The van der Waals surface area contributed by atoms with Crippen LogP contribution in [-0.2, 0) is 9.59 Å². The molecule has 1 aromatic rings. The summed E-state index contributed by atoms with van der Waals surface area (Å²) in [4.78, 5) is 22.4. The molecule has 0 radical (unpaired) electrons. The number of carboxylic acid groups (broad SMARTS) is 1. The first kappa shape index (κ1) is 14.2. The molecule has 4 heteroatoms. The topological polar surface area (TPSA) is 66.4 Å². The van der Waals surface area contributed by atoms with E-state index in [0.717, 1.165) is 5.56 Å². The molecule has 0 aliphatic heterocycles. The van der Waals surface area contributed by atoms with E-state index in [1.807, 2.05) is 44.2 Å². The summed E-state index contributed by atoms with van der Waals surface area (Å²) >= 11 is 0. The Bertz CT molecular complexity index is 401. The molecule has 18 heavy (non-hydrogen) atoms. The van der Waals surface area contributed by atoms with E-state index < -0.39 is 5.97 Å². The molecular formula is C14H19NO3. The Morgan fingerprint density at radius 3 is 2.33 bits per heavy atom. The molecule has 0 spiro atoms. The fourth-order valence-corrected chi connectivity index (χ4v) is 1.67. The standard InChI is InChI=1S/C14H19NO3/c1-10(2)14(18)15-9-12(8-13(16)17)11-6-4-3-5-7-11/h3-7,10,12H,8-9H2,1-2H3,(H,15,18)(H,16,17)/t12-/m0/s1. The number of rotatable bonds is 6. The Morgan fingerprint density at radius 1 is 1.22 bits per heavy atom. The Hall–Kier alpha value is -1.84. The fourth-order valence-electron chi connectivity index (χ4n) is 1.67. The minimum absolute atomic E-state index is 0.0163. The predicted molar refractivity (Wildman–Crippen MR) is 69.3 cm³/mol. The molecular weight excluding hydrogens is 230 g/mol. The monoisotopic (exact) mass is 249 g/mol. The molecule has 1 amide bonds. The van der Waals surface area contributed by atoms with Crippen LogP contribution in [0.3, 0.4) is 0 Å². The summed E-state index contributed by atoms with van der Waals surface area (Å²) in [7, 11) is 0. The van der Waals surface area contributed by atoms with Crippen molar-refractivity contribution in [2.45, 2.75) is 26.2 Å². The minimum atomic E-state index is -0.859. The number of carboxylic acids is 1. The van der Waals surface area contributed by atoms with Gasteiger partial charge in [-0.2, -0.15) is 0 Å². The van der Waals surface area contributed by atoms with Crippen LogP contribution >= 0.6 is 0 Å². The highest BCUT2D eigenvalue weighted by Crippen LogP contribution is 2.18. The Balaban J connectivity index is 2.68. The molecule has 0 saturated heterocycles. The molecule has 0 heterocycles. The number of nitrogens with one attached hydrogen (secondary N) is 1. The molecule has 4 nitrogen and oxygen atoms in total. The third-order valence-electron chi connectivity index (χ3n) is 2.74. The van der Waals surface area contributed by atoms with Gasteiger partial charge in [0.15, 0.2) is 0 Å². The van der Waals surface area contributed by atoms with E-state index in [4.69, 9.17) is 5.11 Å². The maximum Gasteiger partial charge on any atom is 0.304 e. The van der Waals surface area contributed by atoms with E-state index in [1.165, 1.54) is 0 Å². The summed E-state index contributed by atoms with van der Waals surface area (Å²) in [5, 5.41) is 11.7. The van der Waals surface area contributed by atoms with Gasteiger partial charge in [0.2, 0.25) is 5.91 Å². The minimum Gasteiger partial charge on any atom is -0.481 e. The van der Waals surface area contributed by atoms with Crippen molar-refractivity contribution in [1.29, 1.82) is 0 Å². The van der Waals surface area contributed by atoms with Gasteiger partial charge in [0.05, 0.1) is 6.42 Å². The SMILES string of the molecule is CC(C)C(=O)NC[C@H](CC(=O)O)c1ccccc1. The maximum atomic E-state index is 11.5. The van der Waals surface area contributed by atoms with E-state index in [9.17, 15) is 9.59 Å². The highest BCUT2D eigenvalue weighted by Gasteiger charge is 2.17. The molecule has 0 aromatic heterocycles. The zero-order chi connectivity index (χ0) is 13.5. The molecule has 98 valence electrons. The lowest BCUT2D eigenvalue weighted by Crippen LogP contribution is -2.32. The van der Waals surface area contributed by atoms with Gasteiger partial charge in [-0.05, 0) is 5.56 Å². The lowest BCUT2D eigenvalue weighted by atomic mass is 9.95. The van der Waals surface area contributed by atoms with Gasteiger partial charge in [-0.15, -0.1) is 0 Å². The Labute approximate surface area is 107 Å². The van der Waals surface area contributed by atoms with Crippen molar-refractivity contribution in [3.63, 3.8) is 0 Å². The van der Waals surface area contributed by atoms with Crippen LogP contribution in [0.15, 0.2) is 30.3 Å². The first-order valence-electron chi connectivity index (χ1n) is 6.05. The number of hydrogen-bond acceptors (Lipinski definition) is 2. The van der Waals surface area contributed by atoms with Crippen molar-refractivity contribution in [2.75, 3.05) is 6.54 Å². The first-order chi connectivity index (χ1) is 8.50. The highest BCUT2D eigenvalue weighted by atomic mass is 16.4. The van der Waals surface area contributed by atoms with Gasteiger partial charge in [-0.25, -0.2) is 0 Å². The van der Waals surface area contributed by atoms with Crippen LogP contribution in [0, 0.1) is 5.92 Å². The van der Waals surface area contributed by atoms with Crippen LogP contribution in [0.4, 0.5) is 0 Å². The van der Waals surface area contributed by atoms with Crippen LogP contribution in [0.25, 0.3) is 0 Å².